The third kappa shape index (κ3) is 3.80. The van der Waals surface area contributed by atoms with Crippen molar-refractivity contribution in [2.45, 2.75) is 0 Å². The van der Waals surface area contributed by atoms with Crippen LogP contribution in [0.3, 0.4) is 0 Å². The van der Waals surface area contributed by atoms with Crippen LogP contribution >= 0.6 is 0 Å². The number of piperazine rings is 1. The number of rotatable bonds is 4. The maximum absolute atomic E-state index is 12.1. The highest BCUT2D eigenvalue weighted by Crippen LogP contribution is 2.32. The van der Waals surface area contributed by atoms with E-state index in [2.05, 4.69) is 23.5 Å². The first-order chi connectivity index (χ1) is 15.2. The van der Waals surface area contributed by atoms with Gasteiger partial charge in [-0.05, 0) is 35.4 Å². The van der Waals surface area contributed by atoms with Crippen LogP contribution in [0, 0.1) is 0 Å². The summed E-state index contributed by atoms with van der Waals surface area (Å²) < 4.78 is 5.38. The van der Waals surface area contributed by atoms with Gasteiger partial charge >= 0.3 is 0 Å². The monoisotopic (exact) mass is 412 g/mol. The van der Waals surface area contributed by atoms with Gasteiger partial charge in [0.2, 0.25) is 5.91 Å². The first kappa shape index (κ1) is 19.1. The standard InChI is InChI=1S/C25H22N4O2.H2/c1-31-20-9-5-8-18(14-20)19-10-11-22-21(15-19)25(29-13-12-26-23(30)16-29)28-24(27-22)17-6-3-2-4-7-17;/h2-11,14-15H,12-13,16H2,1H3,(H,26,30);1H. The molecule has 0 spiro atoms. The molecule has 0 bridgehead atoms. The van der Waals surface area contributed by atoms with Gasteiger partial charge in [0.1, 0.15) is 11.6 Å². The van der Waals surface area contributed by atoms with Gasteiger partial charge in [0.05, 0.1) is 19.2 Å². The zero-order valence-electron chi connectivity index (χ0n) is 17.2. The van der Waals surface area contributed by atoms with E-state index >= 15 is 0 Å². The molecule has 0 atom stereocenters. The molecule has 4 aromatic rings. The highest BCUT2D eigenvalue weighted by molar-refractivity contribution is 5.96. The Morgan fingerprint density at radius 3 is 2.55 bits per heavy atom. The van der Waals surface area contributed by atoms with Crippen LogP contribution in [0.4, 0.5) is 5.82 Å². The Labute approximate surface area is 182 Å². The van der Waals surface area contributed by atoms with Crippen molar-refractivity contribution in [1.82, 2.24) is 15.3 Å². The molecule has 0 aliphatic carbocycles. The Bertz CT molecular complexity index is 1260. The van der Waals surface area contributed by atoms with E-state index in [0.717, 1.165) is 39.2 Å². The van der Waals surface area contributed by atoms with E-state index in [1.165, 1.54) is 0 Å². The number of anilines is 1. The smallest absolute Gasteiger partial charge is 0.239 e. The molecule has 0 saturated carbocycles. The van der Waals surface area contributed by atoms with E-state index in [1.54, 1.807) is 7.11 Å². The molecule has 0 radical (unpaired) electrons. The second-order valence-electron chi connectivity index (χ2n) is 7.47. The Kier molecular flexibility index (Phi) is 4.96. The van der Waals surface area contributed by atoms with Crippen molar-refractivity contribution in [2.24, 2.45) is 0 Å². The number of methoxy groups -OCH3 is 1. The molecule has 2 heterocycles. The predicted molar refractivity (Wildman–Crippen MR) is 124 cm³/mol. The van der Waals surface area contributed by atoms with Crippen molar-refractivity contribution in [3.63, 3.8) is 0 Å². The number of fused-ring (bicyclic) bond motifs is 1. The molecule has 1 N–H and O–H groups in total. The molecule has 1 fully saturated rings. The van der Waals surface area contributed by atoms with Gasteiger partial charge in [-0.2, -0.15) is 0 Å². The van der Waals surface area contributed by atoms with Gasteiger partial charge in [0, 0.05) is 25.5 Å². The molecule has 0 unspecified atom stereocenters. The van der Waals surface area contributed by atoms with Crippen molar-refractivity contribution in [3.8, 4) is 28.3 Å². The van der Waals surface area contributed by atoms with E-state index < -0.39 is 0 Å². The molecule has 6 heteroatoms. The zero-order valence-corrected chi connectivity index (χ0v) is 17.2. The first-order valence-corrected chi connectivity index (χ1v) is 10.2. The molecule has 1 aromatic heterocycles. The van der Waals surface area contributed by atoms with Gasteiger partial charge in [-0.25, -0.2) is 9.97 Å². The number of carbonyl (C=O) groups excluding carboxylic acids is 1. The number of amides is 1. The third-order valence-electron chi connectivity index (χ3n) is 5.45. The number of nitrogens with one attached hydrogen (secondary N) is 1. The van der Waals surface area contributed by atoms with Crippen LogP contribution in [0.5, 0.6) is 5.75 Å². The number of carbonyl (C=O) groups is 1. The fraction of sp³-hybridized carbons (Fsp3) is 0.160. The number of nitrogens with zero attached hydrogens (tertiary/aromatic N) is 3. The van der Waals surface area contributed by atoms with Crippen molar-refractivity contribution >= 4 is 22.6 Å². The van der Waals surface area contributed by atoms with E-state index in [4.69, 9.17) is 14.7 Å². The summed E-state index contributed by atoms with van der Waals surface area (Å²) in [5.74, 6) is 2.25. The number of aromatic nitrogens is 2. The average Bonchev–Trinajstić information content (AvgIpc) is 2.83. The number of hydrogen-bond donors (Lipinski definition) is 1. The Morgan fingerprint density at radius 2 is 1.74 bits per heavy atom. The van der Waals surface area contributed by atoms with Crippen LogP contribution in [-0.4, -0.2) is 42.6 Å². The predicted octanol–water partition coefficient (Wildman–Crippen LogP) is 4.15. The molecule has 156 valence electrons. The lowest BCUT2D eigenvalue weighted by Crippen LogP contribution is -2.48. The van der Waals surface area contributed by atoms with Gasteiger partial charge < -0.3 is 15.0 Å². The molecule has 1 aliphatic heterocycles. The zero-order chi connectivity index (χ0) is 21.2. The van der Waals surface area contributed by atoms with Gasteiger partial charge in [-0.3, -0.25) is 4.79 Å². The first-order valence-electron chi connectivity index (χ1n) is 10.2. The topological polar surface area (TPSA) is 67.4 Å². The lowest BCUT2D eigenvalue weighted by Gasteiger charge is -2.29. The Hall–Kier alpha value is -3.93. The minimum Gasteiger partial charge on any atom is -0.497 e. The minimum atomic E-state index is 0. The van der Waals surface area contributed by atoms with Crippen molar-refractivity contribution in [3.05, 3.63) is 72.8 Å². The molecule has 1 amide bonds. The van der Waals surface area contributed by atoms with Crippen LogP contribution in [0.25, 0.3) is 33.4 Å². The molecular weight excluding hydrogens is 388 g/mol. The Morgan fingerprint density at radius 1 is 0.935 bits per heavy atom. The summed E-state index contributed by atoms with van der Waals surface area (Å²) >= 11 is 0. The van der Waals surface area contributed by atoms with E-state index in [1.807, 2.05) is 59.5 Å². The molecule has 5 rings (SSSR count). The van der Waals surface area contributed by atoms with Crippen LogP contribution < -0.4 is 15.0 Å². The number of ether oxygens (including phenoxy) is 1. The van der Waals surface area contributed by atoms with Crippen LogP contribution in [0.15, 0.2) is 72.8 Å². The van der Waals surface area contributed by atoms with Crippen molar-refractivity contribution in [2.75, 3.05) is 31.6 Å². The SMILES string of the molecule is COc1cccc(-c2ccc3nc(-c4ccccc4)nc(N4CCNC(=O)C4)c3c2)c1.[HH]. The maximum Gasteiger partial charge on any atom is 0.239 e. The summed E-state index contributed by atoms with van der Waals surface area (Å²) in [7, 11) is 1.66. The minimum absolute atomic E-state index is 0. The van der Waals surface area contributed by atoms with Crippen molar-refractivity contribution < 1.29 is 11.0 Å². The van der Waals surface area contributed by atoms with E-state index in [9.17, 15) is 4.79 Å². The molecule has 6 nitrogen and oxygen atoms in total. The largest absolute Gasteiger partial charge is 0.497 e. The molecular formula is C25H24N4O2. The van der Waals surface area contributed by atoms with Gasteiger partial charge in [-0.1, -0.05) is 48.5 Å². The summed E-state index contributed by atoms with van der Waals surface area (Å²) in [6.07, 6.45) is 0. The summed E-state index contributed by atoms with van der Waals surface area (Å²) in [5, 5.41) is 3.81. The van der Waals surface area contributed by atoms with Crippen LogP contribution in [0.1, 0.15) is 1.43 Å². The maximum atomic E-state index is 12.1. The lowest BCUT2D eigenvalue weighted by molar-refractivity contribution is -0.120. The summed E-state index contributed by atoms with van der Waals surface area (Å²) in [6.45, 7) is 1.58. The Balaban J connectivity index is 0.00000245. The summed E-state index contributed by atoms with van der Waals surface area (Å²) in [5.41, 5.74) is 3.89. The third-order valence-corrected chi connectivity index (χ3v) is 5.45. The molecule has 3 aromatic carbocycles. The van der Waals surface area contributed by atoms with Gasteiger partial charge in [-0.15, -0.1) is 0 Å². The normalized spacial score (nSPS) is 13.8. The fourth-order valence-electron chi connectivity index (χ4n) is 3.87. The van der Waals surface area contributed by atoms with Crippen LogP contribution in [-0.2, 0) is 4.79 Å². The molecule has 1 saturated heterocycles. The highest BCUT2D eigenvalue weighted by atomic mass is 16.5. The fourth-order valence-corrected chi connectivity index (χ4v) is 3.87. The second-order valence-corrected chi connectivity index (χ2v) is 7.47. The molecule has 31 heavy (non-hydrogen) atoms. The summed E-state index contributed by atoms with van der Waals surface area (Å²) in [6, 6.07) is 24.1. The number of hydrogen-bond acceptors (Lipinski definition) is 5. The average molecular weight is 412 g/mol. The highest BCUT2D eigenvalue weighted by Gasteiger charge is 2.21. The van der Waals surface area contributed by atoms with Crippen molar-refractivity contribution in [1.29, 1.82) is 0 Å². The summed E-state index contributed by atoms with van der Waals surface area (Å²) in [4.78, 5) is 23.9. The van der Waals surface area contributed by atoms with E-state index in [-0.39, 0.29) is 13.9 Å². The molecule has 1 aliphatic rings. The second kappa shape index (κ2) is 8.07. The van der Waals surface area contributed by atoms with Gasteiger partial charge in [0.15, 0.2) is 5.82 Å². The van der Waals surface area contributed by atoms with Gasteiger partial charge in [0.25, 0.3) is 0 Å². The lowest BCUT2D eigenvalue weighted by atomic mass is 10.0. The van der Waals surface area contributed by atoms with Crippen LogP contribution in [0.2, 0.25) is 0 Å². The van der Waals surface area contributed by atoms with E-state index in [0.29, 0.717) is 18.9 Å². The quantitative estimate of drug-likeness (QED) is 0.545. The number of benzene rings is 3.